The largest absolute Gasteiger partial charge is 0.462 e. The van der Waals surface area contributed by atoms with Crippen molar-refractivity contribution >= 4 is 11.8 Å². The van der Waals surface area contributed by atoms with E-state index in [2.05, 4.69) is 17.2 Å². The van der Waals surface area contributed by atoms with Gasteiger partial charge in [0.05, 0.1) is 12.2 Å². The molecule has 2 atom stereocenters. The van der Waals surface area contributed by atoms with Crippen molar-refractivity contribution < 1.29 is 9.53 Å². The number of ether oxygens (including phenoxy) is 1. The maximum atomic E-state index is 11.5. The van der Waals surface area contributed by atoms with Gasteiger partial charge < -0.3 is 10.1 Å². The lowest BCUT2D eigenvalue weighted by Gasteiger charge is -2.29. The smallest absolute Gasteiger partial charge is 0.339 e. The second kappa shape index (κ2) is 6.55. The number of pyridine rings is 1. The number of esters is 1. The summed E-state index contributed by atoms with van der Waals surface area (Å²) < 4.78 is 4.94. The molecule has 1 aromatic rings. The minimum atomic E-state index is -0.312. The van der Waals surface area contributed by atoms with Gasteiger partial charge in [0.2, 0.25) is 0 Å². The van der Waals surface area contributed by atoms with Gasteiger partial charge in [-0.3, -0.25) is 0 Å². The number of anilines is 1. The van der Waals surface area contributed by atoms with Crippen LogP contribution in [0.5, 0.6) is 0 Å². The van der Waals surface area contributed by atoms with E-state index in [4.69, 9.17) is 4.74 Å². The van der Waals surface area contributed by atoms with Crippen LogP contribution in [0.2, 0.25) is 0 Å². The third kappa shape index (κ3) is 3.69. The lowest BCUT2D eigenvalue weighted by atomic mass is 9.86. The summed E-state index contributed by atoms with van der Waals surface area (Å²) in [5.74, 6) is 1.21. The Bertz CT molecular complexity index is 417. The molecular weight excluding hydrogens is 240 g/mol. The zero-order valence-electron chi connectivity index (χ0n) is 11.7. The van der Waals surface area contributed by atoms with E-state index in [1.807, 2.05) is 6.07 Å². The van der Waals surface area contributed by atoms with Crippen LogP contribution in [0.4, 0.5) is 5.82 Å². The number of nitrogens with one attached hydrogen (secondary N) is 1. The maximum Gasteiger partial charge on any atom is 0.339 e. The summed E-state index contributed by atoms with van der Waals surface area (Å²) in [4.78, 5) is 15.8. The van der Waals surface area contributed by atoms with Gasteiger partial charge in [-0.2, -0.15) is 0 Å². The molecule has 4 nitrogen and oxygen atoms in total. The Hall–Kier alpha value is -1.58. The number of carbonyl (C=O) groups is 1. The van der Waals surface area contributed by atoms with Crippen LogP contribution >= 0.6 is 0 Å². The average molecular weight is 262 g/mol. The maximum absolute atomic E-state index is 11.5. The van der Waals surface area contributed by atoms with Gasteiger partial charge in [0.15, 0.2) is 0 Å². The highest BCUT2D eigenvalue weighted by atomic mass is 16.5. The monoisotopic (exact) mass is 262 g/mol. The fourth-order valence-corrected chi connectivity index (χ4v) is 2.54. The summed E-state index contributed by atoms with van der Waals surface area (Å²) in [6, 6.07) is 4.11. The van der Waals surface area contributed by atoms with E-state index in [9.17, 15) is 4.79 Å². The minimum absolute atomic E-state index is 0.312. The Morgan fingerprint density at radius 2 is 2.21 bits per heavy atom. The zero-order valence-corrected chi connectivity index (χ0v) is 11.7. The molecule has 1 aliphatic carbocycles. The van der Waals surface area contributed by atoms with E-state index in [1.165, 1.54) is 25.7 Å². The molecule has 0 aromatic carbocycles. The van der Waals surface area contributed by atoms with Crippen molar-refractivity contribution in [2.24, 2.45) is 5.92 Å². The van der Waals surface area contributed by atoms with E-state index < -0.39 is 0 Å². The summed E-state index contributed by atoms with van der Waals surface area (Å²) in [5, 5.41) is 3.47. The molecule has 1 heterocycles. The second-order valence-corrected chi connectivity index (χ2v) is 5.17. The van der Waals surface area contributed by atoms with Gasteiger partial charge in [-0.25, -0.2) is 9.78 Å². The van der Waals surface area contributed by atoms with E-state index in [0.717, 1.165) is 5.82 Å². The summed E-state index contributed by atoms with van der Waals surface area (Å²) >= 11 is 0. The van der Waals surface area contributed by atoms with Gasteiger partial charge in [0.25, 0.3) is 0 Å². The quantitative estimate of drug-likeness (QED) is 0.846. The molecular formula is C15H22N2O2. The predicted molar refractivity (Wildman–Crippen MR) is 75.2 cm³/mol. The number of nitrogens with zero attached hydrogens (tertiary/aromatic N) is 1. The van der Waals surface area contributed by atoms with Crippen LogP contribution in [0.3, 0.4) is 0 Å². The Labute approximate surface area is 114 Å². The van der Waals surface area contributed by atoms with Crippen LogP contribution in [0.15, 0.2) is 18.3 Å². The van der Waals surface area contributed by atoms with Crippen LogP contribution in [0.1, 0.15) is 49.9 Å². The molecule has 2 rings (SSSR count). The molecule has 19 heavy (non-hydrogen) atoms. The number of carbonyl (C=O) groups excluding carboxylic acids is 1. The van der Waals surface area contributed by atoms with Gasteiger partial charge >= 0.3 is 5.97 Å². The molecule has 0 saturated heterocycles. The molecule has 0 aliphatic heterocycles. The fourth-order valence-electron chi connectivity index (χ4n) is 2.54. The average Bonchev–Trinajstić information content (AvgIpc) is 2.42. The number of hydrogen-bond donors (Lipinski definition) is 1. The van der Waals surface area contributed by atoms with Crippen molar-refractivity contribution in [2.75, 3.05) is 11.9 Å². The van der Waals surface area contributed by atoms with Gasteiger partial charge in [-0.05, 0) is 37.8 Å². The third-order valence-electron chi connectivity index (χ3n) is 3.72. The highest BCUT2D eigenvalue weighted by molar-refractivity contribution is 5.89. The Balaban J connectivity index is 1.96. The first-order chi connectivity index (χ1) is 9.20. The van der Waals surface area contributed by atoms with Crippen molar-refractivity contribution in [3.63, 3.8) is 0 Å². The first kappa shape index (κ1) is 13.8. The molecule has 1 saturated carbocycles. The van der Waals surface area contributed by atoms with Gasteiger partial charge in [0, 0.05) is 12.2 Å². The standard InChI is InChI=1S/C15H22N2O2/c1-3-19-15(18)12-8-9-14(16-10-12)17-13-7-5-4-6-11(13)2/h8-11,13H,3-7H2,1-2H3,(H,16,17). The van der Waals surface area contributed by atoms with Crippen LogP contribution < -0.4 is 5.32 Å². The molecule has 0 amide bonds. The van der Waals surface area contributed by atoms with Crippen LogP contribution in [-0.4, -0.2) is 23.6 Å². The number of rotatable bonds is 4. The number of hydrogen-bond acceptors (Lipinski definition) is 4. The van der Waals surface area contributed by atoms with E-state index in [0.29, 0.717) is 24.1 Å². The van der Waals surface area contributed by atoms with E-state index >= 15 is 0 Å². The van der Waals surface area contributed by atoms with Gasteiger partial charge in [-0.15, -0.1) is 0 Å². The van der Waals surface area contributed by atoms with Crippen LogP contribution in [-0.2, 0) is 4.74 Å². The SMILES string of the molecule is CCOC(=O)c1ccc(NC2CCCCC2C)nc1. The second-order valence-electron chi connectivity index (χ2n) is 5.17. The Kier molecular flexibility index (Phi) is 4.77. The van der Waals surface area contributed by atoms with Gasteiger partial charge in [-0.1, -0.05) is 19.8 Å². The van der Waals surface area contributed by atoms with Gasteiger partial charge in [0.1, 0.15) is 5.82 Å². The molecule has 0 spiro atoms. The van der Waals surface area contributed by atoms with E-state index in [1.54, 1.807) is 19.2 Å². The van der Waals surface area contributed by atoms with Crippen molar-refractivity contribution in [1.82, 2.24) is 4.98 Å². The minimum Gasteiger partial charge on any atom is -0.462 e. The van der Waals surface area contributed by atoms with Crippen molar-refractivity contribution in [2.45, 2.75) is 45.6 Å². The lowest BCUT2D eigenvalue weighted by Crippen LogP contribution is -2.30. The molecule has 0 radical (unpaired) electrons. The Morgan fingerprint density at radius 3 is 2.84 bits per heavy atom. The van der Waals surface area contributed by atoms with Crippen molar-refractivity contribution in [3.8, 4) is 0 Å². The van der Waals surface area contributed by atoms with Crippen molar-refractivity contribution in [1.29, 1.82) is 0 Å². The molecule has 1 aromatic heterocycles. The molecule has 2 unspecified atom stereocenters. The number of aromatic nitrogens is 1. The summed E-state index contributed by atoms with van der Waals surface area (Å²) in [5.41, 5.74) is 0.504. The summed E-state index contributed by atoms with van der Waals surface area (Å²) in [6.07, 6.45) is 6.66. The highest BCUT2D eigenvalue weighted by Gasteiger charge is 2.21. The van der Waals surface area contributed by atoms with Crippen molar-refractivity contribution in [3.05, 3.63) is 23.9 Å². The lowest BCUT2D eigenvalue weighted by molar-refractivity contribution is 0.0526. The first-order valence-corrected chi connectivity index (χ1v) is 7.10. The molecule has 1 N–H and O–H groups in total. The van der Waals surface area contributed by atoms with E-state index in [-0.39, 0.29) is 5.97 Å². The molecule has 104 valence electrons. The molecule has 0 bridgehead atoms. The fraction of sp³-hybridized carbons (Fsp3) is 0.600. The Morgan fingerprint density at radius 1 is 1.42 bits per heavy atom. The zero-order chi connectivity index (χ0) is 13.7. The van der Waals surface area contributed by atoms with Crippen LogP contribution in [0.25, 0.3) is 0 Å². The summed E-state index contributed by atoms with van der Waals surface area (Å²) in [6.45, 7) is 4.47. The third-order valence-corrected chi connectivity index (χ3v) is 3.72. The molecule has 1 fully saturated rings. The first-order valence-electron chi connectivity index (χ1n) is 7.10. The highest BCUT2D eigenvalue weighted by Crippen LogP contribution is 2.26. The molecule has 4 heteroatoms. The predicted octanol–water partition coefficient (Wildman–Crippen LogP) is 3.25. The topological polar surface area (TPSA) is 51.2 Å². The summed E-state index contributed by atoms with van der Waals surface area (Å²) in [7, 11) is 0. The van der Waals surface area contributed by atoms with Crippen LogP contribution in [0, 0.1) is 5.92 Å². The normalized spacial score (nSPS) is 22.8. The molecule has 1 aliphatic rings.